The Balaban J connectivity index is 1.35. The van der Waals surface area contributed by atoms with Crippen molar-refractivity contribution in [1.82, 2.24) is 10.6 Å². The molecule has 0 aromatic carbocycles. The molecule has 0 radical (unpaired) electrons. The molecule has 6 nitrogen and oxygen atoms in total. The average Bonchev–Trinajstić information content (AvgIpc) is 2.64. The molecule has 0 aliphatic heterocycles. The SMILES string of the molecule is O=C(NC1CCC(NC(=O)C2CCC(O)CC2)CC1)C1CCC(O)CC1. The number of carbonyl (C=O) groups excluding carboxylic acids is 2. The molecule has 6 heteroatoms. The minimum Gasteiger partial charge on any atom is -0.393 e. The zero-order chi connectivity index (χ0) is 18.5. The molecular formula is C20H34N2O4. The topological polar surface area (TPSA) is 98.7 Å². The van der Waals surface area contributed by atoms with Crippen LogP contribution in [-0.4, -0.2) is 46.3 Å². The van der Waals surface area contributed by atoms with Gasteiger partial charge in [0, 0.05) is 23.9 Å². The highest BCUT2D eigenvalue weighted by molar-refractivity contribution is 5.79. The highest BCUT2D eigenvalue weighted by atomic mass is 16.3. The molecule has 2 amide bonds. The van der Waals surface area contributed by atoms with Gasteiger partial charge in [-0.1, -0.05) is 0 Å². The first kappa shape index (κ1) is 19.6. The predicted octanol–water partition coefficient (Wildman–Crippen LogP) is 1.63. The molecule has 148 valence electrons. The molecule has 3 aliphatic rings. The van der Waals surface area contributed by atoms with Crippen molar-refractivity contribution in [3.8, 4) is 0 Å². The molecule has 4 N–H and O–H groups in total. The summed E-state index contributed by atoms with van der Waals surface area (Å²) in [6.45, 7) is 0. The third kappa shape index (κ3) is 5.43. The van der Waals surface area contributed by atoms with Gasteiger partial charge in [0.15, 0.2) is 0 Å². The molecular weight excluding hydrogens is 332 g/mol. The van der Waals surface area contributed by atoms with Crippen LogP contribution in [0.3, 0.4) is 0 Å². The van der Waals surface area contributed by atoms with Gasteiger partial charge in [0.05, 0.1) is 12.2 Å². The Bertz CT molecular complexity index is 430. The Labute approximate surface area is 156 Å². The maximum absolute atomic E-state index is 12.4. The summed E-state index contributed by atoms with van der Waals surface area (Å²) in [7, 11) is 0. The first-order valence-corrected chi connectivity index (χ1v) is 10.5. The Morgan fingerprint density at radius 3 is 1.15 bits per heavy atom. The summed E-state index contributed by atoms with van der Waals surface area (Å²) in [5, 5.41) is 25.5. The monoisotopic (exact) mass is 366 g/mol. The van der Waals surface area contributed by atoms with Gasteiger partial charge in [0.2, 0.25) is 11.8 Å². The number of amides is 2. The van der Waals surface area contributed by atoms with E-state index in [0.717, 1.165) is 77.0 Å². The number of aliphatic hydroxyl groups is 2. The van der Waals surface area contributed by atoms with Crippen molar-refractivity contribution < 1.29 is 19.8 Å². The number of carbonyl (C=O) groups is 2. The number of nitrogens with one attached hydrogen (secondary N) is 2. The smallest absolute Gasteiger partial charge is 0.223 e. The molecule has 0 heterocycles. The van der Waals surface area contributed by atoms with E-state index in [1.807, 2.05) is 0 Å². The summed E-state index contributed by atoms with van der Waals surface area (Å²) < 4.78 is 0. The van der Waals surface area contributed by atoms with Crippen molar-refractivity contribution >= 4 is 11.8 Å². The highest BCUT2D eigenvalue weighted by Gasteiger charge is 2.30. The fourth-order valence-electron chi connectivity index (χ4n) is 4.70. The summed E-state index contributed by atoms with van der Waals surface area (Å²) in [5.74, 6) is 0.394. The summed E-state index contributed by atoms with van der Waals surface area (Å²) in [4.78, 5) is 24.8. The number of hydrogen-bond acceptors (Lipinski definition) is 4. The van der Waals surface area contributed by atoms with Crippen LogP contribution in [0.15, 0.2) is 0 Å². The van der Waals surface area contributed by atoms with E-state index in [9.17, 15) is 19.8 Å². The van der Waals surface area contributed by atoms with Crippen LogP contribution in [0.25, 0.3) is 0 Å². The number of aliphatic hydroxyl groups excluding tert-OH is 2. The lowest BCUT2D eigenvalue weighted by molar-refractivity contribution is -0.129. The maximum atomic E-state index is 12.4. The van der Waals surface area contributed by atoms with E-state index < -0.39 is 0 Å². The third-order valence-electron chi connectivity index (χ3n) is 6.55. The van der Waals surface area contributed by atoms with Crippen LogP contribution in [0.2, 0.25) is 0 Å². The lowest BCUT2D eigenvalue weighted by Gasteiger charge is -2.33. The number of rotatable bonds is 4. The summed E-state index contributed by atoms with van der Waals surface area (Å²) in [6.07, 6.45) is 9.26. The van der Waals surface area contributed by atoms with Crippen molar-refractivity contribution in [2.75, 3.05) is 0 Å². The lowest BCUT2D eigenvalue weighted by atomic mass is 9.85. The van der Waals surface area contributed by atoms with Gasteiger partial charge in [-0.25, -0.2) is 0 Å². The Morgan fingerprint density at radius 2 is 0.846 bits per heavy atom. The van der Waals surface area contributed by atoms with Gasteiger partial charge < -0.3 is 20.8 Å². The summed E-state index contributed by atoms with van der Waals surface area (Å²) >= 11 is 0. The van der Waals surface area contributed by atoms with Gasteiger partial charge in [-0.05, 0) is 77.0 Å². The van der Waals surface area contributed by atoms with Crippen LogP contribution in [0, 0.1) is 11.8 Å². The van der Waals surface area contributed by atoms with Crippen LogP contribution >= 0.6 is 0 Å². The Hall–Kier alpha value is -1.14. The van der Waals surface area contributed by atoms with Crippen molar-refractivity contribution in [1.29, 1.82) is 0 Å². The van der Waals surface area contributed by atoms with E-state index in [4.69, 9.17) is 0 Å². The van der Waals surface area contributed by atoms with Crippen LogP contribution < -0.4 is 10.6 Å². The second kappa shape index (κ2) is 9.18. The molecule has 3 saturated carbocycles. The third-order valence-corrected chi connectivity index (χ3v) is 6.55. The van der Waals surface area contributed by atoms with E-state index in [1.54, 1.807) is 0 Å². The quantitative estimate of drug-likeness (QED) is 0.608. The minimum atomic E-state index is -0.231. The Kier molecular flexibility index (Phi) is 6.92. The molecule has 0 atom stereocenters. The van der Waals surface area contributed by atoms with Crippen LogP contribution in [0.4, 0.5) is 0 Å². The van der Waals surface area contributed by atoms with E-state index in [0.29, 0.717) is 0 Å². The van der Waals surface area contributed by atoms with Gasteiger partial charge in [0.1, 0.15) is 0 Å². The fraction of sp³-hybridized carbons (Fsp3) is 0.900. The molecule has 3 fully saturated rings. The van der Waals surface area contributed by atoms with E-state index in [-0.39, 0.29) is 47.9 Å². The van der Waals surface area contributed by atoms with Crippen LogP contribution in [0.5, 0.6) is 0 Å². The molecule has 3 aliphatic carbocycles. The van der Waals surface area contributed by atoms with Gasteiger partial charge in [-0.2, -0.15) is 0 Å². The number of hydrogen-bond donors (Lipinski definition) is 4. The molecule has 0 spiro atoms. The first-order chi connectivity index (χ1) is 12.5. The normalized spacial score (nSPS) is 38.4. The molecule has 0 unspecified atom stereocenters. The highest BCUT2D eigenvalue weighted by Crippen LogP contribution is 2.27. The standard InChI is InChI=1S/C20H34N2O4/c23-17-9-1-13(2-10-17)19(25)21-15-5-7-16(8-6-15)22-20(26)14-3-11-18(24)12-4-14/h13-18,23-24H,1-12H2,(H,21,25)(H,22,26). The van der Waals surface area contributed by atoms with Gasteiger partial charge in [-0.3, -0.25) is 9.59 Å². The van der Waals surface area contributed by atoms with E-state index >= 15 is 0 Å². The molecule has 3 rings (SSSR count). The molecule has 0 aromatic heterocycles. The van der Waals surface area contributed by atoms with Crippen LogP contribution in [0.1, 0.15) is 77.0 Å². The van der Waals surface area contributed by atoms with Crippen molar-refractivity contribution in [2.45, 2.75) is 101 Å². The summed E-state index contributed by atoms with van der Waals surface area (Å²) in [5.41, 5.74) is 0. The lowest BCUT2D eigenvalue weighted by Crippen LogP contribution is -2.47. The molecule has 26 heavy (non-hydrogen) atoms. The zero-order valence-electron chi connectivity index (χ0n) is 15.7. The second-order valence-corrected chi connectivity index (χ2v) is 8.58. The van der Waals surface area contributed by atoms with Gasteiger partial charge in [-0.15, -0.1) is 0 Å². The molecule has 0 saturated heterocycles. The zero-order valence-corrected chi connectivity index (χ0v) is 15.7. The molecule has 0 bridgehead atoms. The minimum absolute atomic E-state index is 0.0532. The summed E-state index contributed by atoms with van der Waals surface area (Å²) in [6, 6.07) is 0.430. The van der Waals surface area contributed by atoms with Crippen molar-refractivity contribution in [3.63, 3.8) is 0 Å². The fourth-order valence-corrected chi connectivity index (χ4v) is 4.70. The second-order valence-electron chi connectivity index (χ2n) is 8.58. The van der Waals surface area contributed by atoms with E-state index in [2.05, 4.69) is 10.6 Å². The van der Waals surface area contributed by atoms with Gasteiger partial charge >= 0.3 is 0 Å². The maximum Gasteiger partial charge on any atom is 0.223 e. The Morgan fingerprint density at radius 1 is 0.538 bits per heavy atom. The predicted molar refractivity (Wildman–Crippen MR) is 98.3 cm³/mol. The molecule has 0 aromatic rings. The van der Waals surface area contributed by atoms with Crippen LogP contribution in [-0.2, 0) is 9.59 Å². The largest absolute Gasteiger partial charge is 0.393 e. The first-order valence-electron chi connectivity index (χ1n) is 10.5. The average molecular weight is 367 g/mol. The van der Waals surface area contributed by atoms with Gasteiger partial charge in [0.25, 0.3) is 0 Å². The van der Waals surface area contributed by atoms with Crippen molar-refractivity contribution in [3.05, 3.63) is 0 Å². The van der Waals surface area contributed by atoms with E-state index in [1.165, 1.54) is 0 Å². The van der Waals surface area contributed by atoms with Crippen molar-refractivity contribution in [2.24, 2.45) is 11.8 Å².